The number of benzene rings is 1. The van der Waals surface area contributed by atoms with E-state index < -0.39 is 6.10 Å². The largest absolute Gasteiger partial charge is 0.481 e. The highest BCUT2D eigenvalue weighted by molar-refractivity contribution is 9.10. The van der Waals surface area contributed by atoms with Crippen LogP contribution in [0.5, 0.6) is 5.75 Å². The fourth-order valence-electron chi connectivity index (χ4n) is 1.91. The maximum absolute atomic E-state index is 12.1. The van der Waals surface area contributed by atoms with E-state index in [9.17, 15) is 4.79 Å². The van der Waals surface area contributed by atoms with Crippen LogP contribution in [-0.4, -0.2) is 22.2 Å². The van der Waals surface area contributed by atoms with Gasteiger partial charge in [-0.05, 0) is 37.6 Å². The van der Waals surface area contributed by atoms with Gasteiger partial charge in [-0.1, -0.05) is 47.0 Å². The number of aryl methyl sites for hydroxylation is 1. The van der Waals surface area contributed by atoms with E-state index in [-0.39, 0.29) is 5.91 Å². The van der Waals surface area contributed by atoms with Gasteiger partial charge in [0.05, 0.1) is 0 Å². The van der Waals surface area contributed by atoms with Gasteiger partial charge in [0.2, 0.25) is 5.13 Å². The minimum Gasteiger partial charge on any atom is -0.481 e. The van der Waals surface area contributed by atoms with Crippen molar-refractivity contribution in [3.63, 3.8) is 0 Å². The maximum Gasteiger partial charge on any atom is 0.266 e. The first-order valence-electron chi connectivity index (χ1n) is 7.64. The van der Waals surface area contributed by atoms with Crippen LogP contribution >= 0.6 is 27.3 Å². The summed E-state index contributed by atoms with van der Waals surface area (Å²) in [5.41, 5.74) is 0. The van der Waals surface area contributed by atoms with Crippen LogP contribution in [0.25, 0.3) is 0 Å². The summed E-state index contributed by atoms with van der Waals surface area (Å²) in [6.45, 7) is 3.87. The predicted octanol–water partition coefficient (Wildman–Crippen LogP) is 4.44. The first-order valence-corrected chi connectivity index (χ1v) is 9.25. The molecule has 124 valence electrons. The van der Waals surface area contributed by atoms with Crippen molar-refractivity contribution in [1.29, 1.82) is 0 Å². The lowest BCUT2D eigenvalue weighted by Gasteiger charge is -2.13. The second-order valence-corrected chi connectivity index (χ2v) is 7.14. The van der Waals surface area contributed by atoms with E-state index in [4.69, 9.17) is 4.74 Å². The molecule has 0 aliphatic heterocycles. The first kappa shape index (κ1) is 17.9. The third kappa shape index (κ3) is 5.91. The number of halogens is 1. The third-order valence-electron chi connectivity index (χ3n) is 3.19. The van der Waals surface area contributed by atoms with Gasteiger partial charge in [0.15, 0.2) is 6.10 Å². The van der Waals surface area contributed by atoms with Crippen molar-refractivity contribution in [1.82, 2.24) is 10.2 Å². The molecular weight excluding hydrogens is 378 g/mol. The second kappa shape index (κ2) is 8.98. The van der Waals surface area contributed by atoms with E-state index in [2.05, 4.69) is 38.4 Å². The highest BCUT2D eigenvalue weighted by atomic mass is 79.9. The molecule has 0 saturated carbocycles. The Morgan fingerprint density at radius 3 is 2.74 bits per heavy atom. The highest BCUT2D eigenvalue weighted by Gasteiger charge is 2.17. The molecule has 0 bridgehead atoms. The smallest absolute Gasteiger partial charge is 0.266 e. The molecule has 0 aliphatic rings. The zero-order valence-electron chi connectivity index (χ0n) is 13.2. The van der Waals surface area contributed by atoms with Gasteiger partial charge in [-0.2, -0.15) is 0 Å². The van der Waals surface area contributed by atoms with Crippen molar-refractivity contribution < 1.29 is 9.53 Å². The Hall–Kier alpha value is -1.47. The normalized spacial score (nSPS) is 12.0. The molecular formula is C16H20BrN3O2S. The number of rotatable bonds is 8. The summed E-state index contributed by atoms with van der Waals surface area (Å²) in [6.07, 6.45) is 3.75. The summed E-state index contributed by atoms with van der Waals surface area (Å²) in [7, 11) is 0. The molecule has 0 saturated heterocycles. The lowest BCUT2D eigenvalue weighted by molar-refractivity contribution is -0.122. The first-order chi connectivity index (χ1) is 11.1. The van der Waals surface area contributed by atoms with Gasteiger partial charge in [-0.3, -0.25) is 10.1 Å². The number of ether oxygens (including phenoxy) is 1. The van der Waals surface area contributed by atoms with Crippen molar-refractivity contribution in [3.8, 4) is 5.75 Å². The van der Waals surface area contributed by atoms with Crippen LogP contribution in [0, 0.1) is 0 Å². The summed E-state index contributed by atoms with van der Waals surface area (Å²) in [5.74, 6) is 0.414. The van der Waals surface area contributed by atoms with Gasteiger partial charge in [0.25, 0.3) is 5.91 Å². The molecule has 1 N–H and O–H groups in total. The minimum atomic E-state index is -0.608. The molecule has 2 aromatic rings. The second-order valence-electron chi connectivity index (χ2n) is 5.16. The molecule has 1 atom stereocenters. The quantitative estimate of drug-likeness (QED) is 0.668. The fourth-order valence-corrected chi connectivity index (χ4v) is 2.96. The number of nitrogens with zero attached hydrogens (tertiary/aromatic N) is 2. The number of hydrogen-bond donors (Lipinski definition) is 1. The minimum absolute atomic E-state index is 0.232. The zero-order chi connectivity index (χ0) is 16.7. The van der Waals surface area contributed by atoms with E-state index in [0.717, 1.165) is 22.3 Å². The lowest BCUT2D eigenvalue weighted by Crippen LogP contribution is -2.30. The monoisotopic (exact) mass is 397 g/mol. The number of anilines is 1. The van der Waals surface area contributed by atoms with E-state index in [1.165, 1.54) is 24.2 Å². The van der Waals surface area contributed by atoms with E-state index in [1.807, 2.05) is 24.3 Å². The van der Waals surface area contributed by atoms with Crippen LogP contribution in [-0.2, 0) is 11.2 Å². The van der Waals surface area contributed by atoms with Crippen LogP contribution in [0.4, 0.5) is 5.13 Å². The zero-order valence-corrected chi connectivity index (χ0v) is 15.6. The Labute approximate surface area is 148 Å². The summed E-state index contributed by atoms with van der Waals surface area (Å²) >= 11 is 4.78. The van der Waals surface area contributed by atoms with Crippen LogP contribution in [0.2, 0.25) is 0 Å². The number of carbonyl (C=O) groups excluding carboxylic acids is 1. The number of aromatic nitrogens is 2. The highest BCUT2D eigenvalue weighted by Crippen LogP contribution is 2.20. The van der Waals surface area contributed by atoms with Gasteiger partial charge in [-0.25, -0.2) is 0 Å². The van der Waals surface area contributed by atoms with E-state index >= 15 is 0 Å². The third-order valence-corrected chi connectivity index (χ3v) is 4.61. The van der Waals surface area contributed by atoms with E-state index in [0.29, 0.717) is 10.9 Å². The molecule has 0 fully saturated rings. The number of carbonyl (C=O) groups is 1. The SMILES string of the molecule is CCCCCc1nnc(NC(=O)C(C)Oc2ccc(Br)cc2)s1. The van der Waals surface area contributed by atoms with Crippen molar-refractivity contribution in [2.45, 2.75) is 45.6 Å². The van der Waals surface area contributed by atoms with Gasteiger partial charge >= 0.3 is 0 Å². The molecule has 1 unspecified atom stereocenters. The summed E-state index contributed by atoms with van der Waals surface area (Å²) in [4.78, 5) is 12.1. The number of nitrogens with one attached hydrogen (secondary N) is 1. The molecule has 1 amide bonds. The molecule has 1 heterocycles. The Kier molecular flexibility index (Phi) is 6.98. The number of unbranched alkanes of at least 4 members (excludes halogenated alkanes) is 2. The van der Waals surface area contributed by atoms with Crippen LogP contribution in [0.15, 0.2) is 28.7 Å². The molecule has 5 nitrogen and oxygen atoms in total. The fraction of sp³-hybridized carbons (Fsp3) is 0.438. The molecule has 0 radical (unpaired) electrons. The van der Waals surface area contributed by atoms with Crippen molar-refractivity contribution in [2.75, 3.05) is 5.32 Å². The molecule has 1 aromatic carbocycles. The maximum atomic E-state index is 12.1. The van der Waals surface area contributed by atoms with Crippen LogP contribution in [0.3, 0.4) is 0 Å². The lowest BCUT2D eigenvalue weighted by atomic mass is 10.2. The molecule has 7 heteroatoms. The molecule has 2 rings (SSSR count). The summed E-state index contributed by atoms with van der Waals surface area (Å²) in [5, 5.41) is 12.3. The molecule has 23 heavy (non-hydrogen) atoms. The number of hydrogen-bond acceptors (Lipinski definition) is 5. The molecule has 0 spiro atoms. The summed E-state index contributed by atoms with van der Waals surface area (Å²) < 4.78 is 6.58. The van der Waals surface area contributed by atoms with E-state index in [1.54, 1.807) is 6.92 Å². The Balaban J connectivity index is 1.84. The Bertz CT molecular complexity index is 631. The molecule has 1 aromatic heterocycles. The Morgan fingerprint density at radius 1 is 1.30 bits per heavy atom. The van der Waals surface area contributed by atoms with Crippen LogP contribution in [0.1, 0.15) is 38.1 Å². The average molecular weight is 398 g/mol. The average Bonchev–Trinajstić information content (AvgIpc) is 2.97. The van der Waals surface area contributed by atoms with Crippen molar-refractivity contribution >= 4 is 38.3 Å². The van der Waals surface area contributed by atoms with Gasteiger partial charge in [0.1, 0.15) is 10.8 Å². The van der Waals surface area contributed by atoms with Crippen molar-refractivity contribution in [2.24, 2.45) is 0 Å². The Morgan fingerprint density at radius 2 is 2.04 bits per heavy atom. The van der Waals surface area contributed by atoms with Crippen molar-refractivity contribution in [3.05, 3.63) is 33.7 Å². The molecule has 0 aliphatic carbocycles. The summed E-state index contributed by atoms with van der Waals surface area (Å²) in [6, 6.07) is 7.36. The predicted molar refractivity (Wildman–Crippen MR) is 96.0 cm³/mol. The van der Waals surface area contributed by atoms with Crippen LogP contribution < -0.4 is 10.1 Å². The number of amides is 1. The standard InChI is InChI=1S/C16H20BrN3O2S/c1-3-4-5-6-14-19-20-16(23-14)18-15(21)11(2)22-13-9-7-12(17)8-10-13/h7-11H,3-6H2,1-2H3,(H,18,20,21). The van der Waals surface area contributed by atoms with Gasteiger partial charge in [-0.15, -0.1) is 10.2 Å². The van der Waals surface area contributed by atoms with Gasteiger partial charge in [0, 0.05) is 10.9 Å². The topological polar surface area (TPSA) is 64.1 Å². The van der Waals surface area contributed by atoms with Gasteiger partial charge < -0.3 is 4.74 Å².